The summed E-state index contributed by atoms with van der Waals surface area (Å²) in [5, 5.41) is 0. The van der Waals surface area contributed by atoms with Crippen LogP contribution in [0.5, 0.6) is 0 Å². The third kappa shape index (κ3) is 10.4. The number of ether oxygens (including phenoxy) is 2. The average molecular weight is 774 g/mol. The molecule has 1 saturated heterocycles. The van der Waals surface area contributed by atoms with Gasteiger partial charge in [0.1, 0.15) is 24.4 Å². The first-order valence-corrected chi connectivity index (χ1v) is 26.5. The Bertz CT molecular complexity index is 663. The number of esters is 1. The van der Waals surface area contributed by atoms with Gasteiger partial charge in [-0.2, -0.15) is 0 Å². The van der Waals surface area contributed by atoms with Gasteiger partial charge in [0.05, 0.1) is 20.2 Å². The Morgan fingerprint density at radius 2 is 1.05 bits per heavy atom. The molecule has 6 atom stereocenters. The summed E-state index contributed by atoms with van der Waals surface area (Å²) < 4.78 is 39.6. The van der Waals surface area contributed by atoms with Gasteiger partial charge >= 0.3 is 5.97 Å². The molecule has 0 aliphatic carbocycles. The van der Waals surface area contributed by atoms with Gasteiger partial charge in [-0.1, -0.05) is 62.3 Å². The monoisotopic (exact) mass is 773 g/mol. The fourth-order valence-electron chi connectivity index (χ4n) is 5.74. The maximum absolute atomic E-state index is 13.3. The molecule has 0 saturated carbocycles. The molecule has 1 fully saturated rings. The fourth-order valence-corrected chi connectivity index (χ4v) is 15.1. The molecule has 0 aromatic rings. The van der Waals surface area contributed by atoms with Crippen LogP contribution in [0.2, 0.25) is 54.4 Å². The number of hydrogen-bond donors (Lipinski definition) is 0. The Morgan fingerprint density at radius 1 is 0.692 bits per heavy atom. The third-order valence-corrected chi connectivity index (χ3v) is 24.5. The number of carbonyl (C=O) groups excluding carboxylic acids is 1. The van der Waals surface area contributed by atoms with Crippen molar-refractivity contribution in [2.75, 3.05) is 13.7 Å². The van der Waals surface area contributed by atoms with E-state index >= 15 is 0 Å². The number of halogens is 1. The van der Waals surface area contributed by atoms with Gasteiger partial charge in [-0.25, -0.2) is 4.79 Å². The van der Waals surface area contributed by atoms with E-state index in [1.807, 2.05) is 0 Å². The summed E-state index contributed by atoms with van der Waals surface area (Å²) in [6, 6.07) is 9.00. The molecular formula is C26H56IO7PSi3V. The van der Waals surface area contributed by atoms with Crippen LogP contribution < -0.4 is 0 Å². The Morgan fingerprint density at radius 3 is 1.38 bits per heavy atom. The summed E-state index contributed by atoms with van der Waals surface area (Å²) in [6.45, 7) is 20.7. The second-order valence-corrected chi connectivity index (χ2v) is 26.4. The average Bonchev–Trinajstić information content (AvgIpc) is 2.97. The van der Waals surface area contributed by atoms with Crippen molar-refractivity contribution in [3.63, 3.8) is 0 Å². The van der Waals surface area contributed by atoms with Gasteiger partial charge in [0, 0.05) is 18.6 Å². The van der Waals surface area contributed by atoms with Crippen LogP contribution >= 0.6 is 28.5 Å². The van der Waals surface area contributed by atoms with Crippen LogP contribution in [-0.4, -0.2) is 75.2 Å². The molecule has 0 bridgehead atoms. The molecule has 1 aliphatic heterocycles. The Labute approximate surface area is 269 Å². The molecule has 1 radical (unpaired) electrons. The van der Waals surface area contributed by atoms with Gasteiger partial charge in [0.25, 0.3) is 0 Å². The van der Waals surface area contributed by atoms with E-state index in [4.69, 9.17) is 27.3 Å². The van der Waals surface area contributed by atoms with Crippen molar-refractivity contribution < 1.29 is 50.6 Å². The van der Waals surface area contributed by atoms with E-state index in [1.165, 1.54) is 7.11 Å². The minimum absolute atomic E-state index is 0. The largest absolute Gasteiger partial charge is 0.467 e. The smallest absolute Gasteiger partial charge is 0.337 e. The standard InChI is InChI=1S/C26H56IO7PSi3.V/c1-11-36(12-2,13-3)32-22-21(20-30-35-27)31-25(26(28)29-10)24(34-38(17-7,18-8)19-9)23(22)33-37(14-4,15-5)16-6;/h21-25,35H,11-20H2,1-10H3;/t21-,22+,23+,24-,25?;/m1./s1. The van der Waals surface area contributed by atoms with Gasteiger partial charge < -0.3 is 27.3 Å². The van der Waals surface area contributed by atoms with Crippen molar-refractivity contribution in [1.29, 1.82) is 0 Å². The van der Waals surface area contributed by atoms with Gasteiger partial charge in [-0.3, -0.25) is 0 Å². The normalized spacial score (nSPS) is 24.6. The van der Waals surface area contributed by atoms with Crippen molar-refractivity contribution in [3.05, 3.63) is 0 Å². The molecule has 39 heavy (non-hydrogen) atoms. The predicted octanol–water partition coefficient (Wildman–Crippen LogP) is 8.06. The van der Waals surface area contributed by atoms with Gasteiger partial charge in [0.15, 0.2) is 31.1 Å². The second-order valence-electron chi connectivity index (χ2n) is 10.5. The molecule has 0 amide bonds. The van der Waals surface area contributed by atoms with Crippen LogP contribution in [-0.2, 0) is 50.6 Å². The summed E-state index contributed by atoms with van der Waals surface area (Å²) in [6.07, 6.45) is -2.62. The zero-order valence-electron chi connectivity index (χ0n) is 26.1. The molecule has 1 aliphatic rings. The van der Waals surface area contributed by atoms with Crippen LogP contribution in [0.3, 0.4) is 0 Å². The fraction of sp³-hybridized carbons (Fsp3) is 0.962. The zero-order valence-corrected chi connectivity index (χ0v) is 33.7. The molecule has 0 aromatic carbocycles. The van der Waals surface area contributed by atoms with E-state index in [0.29, 0.717) is 6.61 Å². The van der Waals surface area contributed by atoms with Crippen molar-refractivity contribution in [3.8, 4) is 0 Å². The molecule has 1 rings (SSSR count). The van der Waals surface area contributed by atoms with Gasteiger partial charge in [0.2, 0.25) is 0 Å². The SMILES string of the molecule is CC[Si](CC)(CC)O[C@@H]1[C@H](O[Si](CC)(CC)CC)[C@@H](O[Si](CC)(CC)CC)C(C(=O)OC)O[C@@H]1COPI.[V]. The maximum atomic E-state index is 13.3. The first-order chi connectivity index (χ1) is 18.1. The van der Waals surface area contributed by atoms with E-state index in [1.54, 1.807) is 0 Å². The summed E-state index contributed by atoms with van der Waals surface area (Å²) >= 11 is 2.23. The summed E-state index contributed by atoms with van der Waals surface area (Å²) in [7, 11) is -4.89. The Balaban J connectivity index is 0.0000144. The first-order valence-electron chi connectivity index (χ1n) is 14.9. The first kappa shape index (κ1) is 40.7. The van der Waals surface area contributed by atoms with E-state index in [2.05, 4.69) is 84.4 Å². The minimum Gasteiger partial charge on any atom is -0.467 e. The molecule has 2 unspecified atom stereocenters. The summed E-state index contributed by atoms with van der Waals surface area (Å²) in [5.74, 6) is -0.406. The summed E-state index contributed by atoms with van der Waals surface area (Å²) in [5.41, 5.74) is 0. The Hall–Kier alpha value is 1.67. The second kappa shape index (κ2) is 19.8. The van der Waals surface area contributed by atoms with Crippen LogP contribution in [0, 0.1) is 0 Å². The van der Waals surface area contributed by atoms with E-state index < -0.39 is 55.3 Å². The predicted molar refractivity (Wildman–Crippen MR) is 175 cm³/mol. The van der Waals surface area contributed by atoms with Gasteiger partial charge in [-0.15, -0.1) is 0 Å². The van der Waals surface area contributed by atoms with Crippen molar-refractivity contribution in [2.45, 2.75) is 147 Å². The number of methoxy groups -OCH3 is 1. The molecule has 0 spiro atoms. The molecule has 1 heterocycles. The molecule has 0 N–H and O–H groups in total. The number of hydrogen-bond acceptors (Lipinski definition) is 7. The van der Waals surface area contributed by atoms with E-state index in [-0.39, 0.29) is 31.1 Å². The number of carbonyl (C=O) groups is 1. The van der Waals surface area contributed by atoms with Crippen molar-refractivity contribution in [1.82, 2.24) is 0 Å². The van der Waals surface area contributed by atoms with Crippen molar-refractivity contribution >= 4 is 59.4 Å². The third-order valence-electron chi connectivity index (χ3n) is 9.33. The number of rotatable bonds is 19. The van der Waals surface area contributed by atoms with Crippen LogP contribution in [0.25, 0.3) is 0 Å². The quantitative estimate of drug-likeness (QED) is 0.0570. The molecular weight excluding hydrogens is 717 g/mol. The van der Waals surface area contributed by atoms with Gasteiger partial charge in [-0.05, 0) is 76.4 Å². The van der Waals surface area contributed by atoms with Crippen molar-refractivity contribution in [2.24, 2.45) is 0 Å². The van der Waals surface area contributed by atoms with E-state index in [0.717, 1.165) is 54.4 Å². The van der Waals surface area contributed by atoms with Crippen LogP contribution in [0.1, 0.15) is 62.3 Å². The summed E-state index contributed by atoms with van der Waals surface area (Å²) in [4.78, 5) is 13.3. The minimum atomic E-state index is -2.14. The van der Waals surface area contributed by atoms with Crippen LogP contribution in [0.4, 0.5) is 0 Å². The molecule has 0 aromatic heterocycles. The van der Waals surface area contributed by atoms with E-state index in [9.17, 15) is 4.79 Å². The molecule has 7 nitrogen and oxygen atoms in total. The van der Waals surface area contributed by atoms with Crippen LogP contribution in [0.15, 0.2) is 0 Å². The maximum Gasteiger partial charge on any atom is 0.337 e. The topological polar surface area (TPSA) is 72.5 Å². The molecule has 13 heteroatoms. The Kier molecular flexibility index (Phi) is 20.7. The zero-order chi connectivity index (χ0) is 29.0. The molecule has 231 valence electrons.